The highest BCUT2D eigenvalue weighted by Gasteiger charge is 2.19. The van der Waals surface area contributed by atoms with E-state index in [1.165, 1.54) is 19.2 Å². The Labute approximate surface area is 111 Å². The number of carbonyl (C=O) groups is 1. The number of amides is 1. The number of nitrogens with one attached hydrogen (secondary N) is 2. The van der Waals surface area contributed by atoms with E-state index in [0.29, 0.717) is 11.3 Å². The molecule has 0 aliphatic heterocycles. The number of nitrogens with two attached hydrogens (primary N) is 1. The number of nitrogen functional groups attached to an aromatic ring is 1. The van der Waals surface area contributed by atoms with Gasteiger partial charge in [0.15, 0.2) is 0 Å². The Morgan fingerprint density at radius 2 is 2.06 bits per heavy atom. The van der Waals surface area contributed by atoms with Crippen LogP contribution in [-0.4, -0.2) is 27.9 Å². The molecule has 1 aromatic rings. The van der Waals surface area contributed by atoms with Gasteiger partial charge < -0.3 is 11.1 Å². The number of carbonyl (C=O) groups excluding carboxylic acids is 1. The van der Waals surface area contributed by atoms with Crippen molar-refractivity contribution in [2.45, 2.75) is 11.8 Å². The van der Waals surface area contributed by atoms with E-state index in [-0.39, 0.29) is 16.5 Å². The second-order valence-electron chi connectivity index (χ2n) is 3.64. The minimum absolute atomic E-state index is 0.0612. The maximum Gasteiger partial charge on any atom is 0.242 e. The zero-order chi connectivity index (χ0) is 13.9. The van der Waals surface area contributed by atoms with Crippen LogP contribution in [0.5, 0.6) is 0 Å². The zero-order valence-corrected chi connectivity index (χ0v) is 11.5. The molecule has 0 saturated heterocycles. The van der Waals surface area contributed by atoms with Gasteiger partial charge in [0.05, 0.1) is 11.6 Å². The number of hydrogen-bond acceptors (Lipinski definition) is 4. The predicted octanol–water partition coefficient (Wildman–Crippen LogP) is 0.255. The van der Waals surface area contributed by atoms with Gasteiger partial charge in [-0.15, -0.1) is 0 Å². The molecule has 0 aliphatic carbocycles. The van der Waals surface area contributed by atoms with Crippen LogP contribution in [-0.2, 0) is 14.8 Å². The second kappa shape index (κ2) is 5.55. The third kappa shape index (κ3) is 3.34. The van der Waals surface area contributed by atoms with Crippen LogP contribution in [0.25, 0.3) is 0 Å². The molecule has 0 saturated carbocycles. The third-order valence-corrected chi connectivity index (χ3v) is 4.18. The lowest BCUT2D eigenvalue weighted by Gasteiger charge is -2.10. The number of aryl methyl sites for hydroxylation is 1. The first-order valence-electron chi connectivity index (χ1n) is 5.04. The summed E-state index contributed by atoms with van der Waals surface area (Å²) in [7, 11) is -2.45. The molecule has 1 amide bonds. The number of rotatable bonds is 4. The van der Waals surface area contributed by atoms with Crippen molar-refractivity contribution in [3.05, 3.63) is 22.7 Å². The largest absolute Gasteiger partial charge is 0.398 e. The Bertz CT molecular complexity index is 572. The van der Waals surface area contributed by atoms with Gasteiger partial charge in [0.1, 0.15) is 4.90 Å². The van der Waals surface area contributed by atoms with Crippen molar-refractivity contribution in [2.75, 3.05) is 19.3 Å². The summed E-state index contributed by atoms with van der Waals surface area (Å²) >= 11 is 5.86. The number of hydrogen-bond donors (Lipinski definition) is 3. The summed E-state index contributed by atoms with van der Waals surface area (Å²) < 4.78 is 25.9. The van der Waals surface area contributed by atoms with Gasteiger partial charge in [0, 0.05) is 12.7 Å². The van der Waals surface area contributed by atoms with Crippen molar-refractivity contribution >= 4 is 33.2 Å². The number of likely N-dealkylation sites (N-methyl/N-ethyl adjacent to an activating group) is 1. The van der Waals surface area contributed by atoms with Crippen LogP contribution in [0.1, 0.15) is 5.56 Å². The second-order valence-corrected chi connectivity index (χ2v) is 5.78. The minimum Gasteiger partial charge on any atom is -0.398 e. The molecule has 0 unspecified atom stereocenters. The topological polar surface area (TPSA) is 101 Å². The van der Waals surface area contributed by atoms with E-state index >= 15 is 0 Å². The molecule has 0 bridgehead atoms. The van der Waals surface area contributed by atoms with Crippen LogP contribution in [0.3, 0.4) is 0 Å². The van der Waals surface area contributed by atoms with E-state index in [2.05, 4.69) is 10.0 Å². The number of anilines is 1. The first-order valence-corrected chi connectivity index (χ1v) is 6.90. The summed E-state index contributed by atoms with van der Waals surface area (Å²) in [6.45, 7) is 1.36. The molecule has 0 spiro atoms. The molecule has 8 heteroatoms. The van der Waals surface area contributed by atoms with Crippen LogP contribution in [0.2, 0.25) is 5.02 Å². The Morgan fingerprint density at radius 3 is 2.61 bits per heavy atom. The quantitative estimate of drug-likeness (QED) is 0.692. The van der Waals surface area contributed by atoms with E-state index in [1.807, 2.05) is 0 Å². The molecule has 4 N–H and O–H groups in total. The molecule has 18 heavy (non-hydrogen) atoms. The lowest BCUT2D eigenvalue weighted by atomic mass is 10.2. The van der Waals surface area contributed by atoms with Gasteiger partial charge in [-0.2, -0.15) is 0 Å². The molecular formula is C10H14ClN3O3S. The van der Waals surface area contributed by atoms with E-state index < -0.39 is 15.9 Å². The summed E-state index contributed by atoms with van der Waals surface area (Å²) in [6.07, 6.45) is 0. The number of halogens is 1. The first kappa shape index (κ1) is 14.7. The Morgan fingerprint density at radius 1 is 1.44 bits per heavy atom. The fourth-order valence-corrected chi connectivity index (χ4v) is 2.80. The fraction of sp³-hybridized carbons (Fsp3) is 0.300. The number of sulfonamides is 1. The molecule has 1 rings (SSSR count). The van der Waals surface area contributed by atoms with Gasteiger partial charge in [0.25, 0.3) is 0 Å². The van der Waals surface area contributed by atoms with Crippen LogP contribution >= 0.6 is 11.6 Å². The van der Waals surface area contributed by atoms with Crippen LogP contribution < -0.4 is 15.8 Å². The van der Waals surface area contributed by atoms with Gasteiger partial charge in [0.2, 0.25) is 15.9 Å². The normalized spacial score (nSPS) is 11.3. The highest BCUT2D eigenvalue weighted by atomic mass is 35.5. The maximum atomic E-state index is 11.9. The van der Waals surface area contributed by atoms with E-state index in [0.717, 1.165) is 0 Å². The van der Waals surface area contributed by atoms with Crippen molar-refractivity contribution in [2.24, 2.45) is 0 Å². The summed E-state index contributed by atoms with van der Waals surface area (Å²) in [5.41, 5.74) is 6.64. The Hall–Kier alpha value is -1.31. The highest BCUT2D eigenvalue weighted by molar-refractivity contribution is 7.89. The minimum atomic E-state index is -3.86. The summed E-state index contributed by atoms with van der Waals surface area (Å²) in [6, 6.07) is 2.73. The number of benzene rings is 1. The lowest BCUT2D eigenvalue weighted by Crippen LogP contribution is -2.35. The smallest absolute Gasteiger partial charge is 0.242 e. The van der Waals surface area contributed by atoms with Crippen LogP contribution in [0.15, 0.2) is 17.0 Å². The molecule has 0 aromatic heterocycles. The lowest BCUT2D eigenvalue weighted by molar-refractivity contribution is -0.119. The predicted molar refractivity (Wildman–Crippen MR) is 69.9 cm³/mol. The van der Waals surface area contributed by atoms with E-state index in [1.54, 1.807) is 6.92 Å². The summed E-state index contributed by atoms with van der Waals surface area (Å²) in [5.74, 6) is -0.449. The molecule has 100 valence electrons. The van der Waals surface area contributed by atoms with Crippen molar-refractivity contribution in [3.63, 3.8) is 0 Å². The van der Waals surface area contributed by atoms with E-state index in [4.69, 9.17) is 17.3 Å². The molecule has 0 atom stereocenters. The van der Waals surface area contributed by atoms with Crippen molar-refractivity contribution in [1.82, 2.24) is 10.0 Å². The fourth-order valence-electron chi connectivity index (χ4n) is 1.20. The molecule has 0 radical (unpaired) electrons. The zero-order valence-electron chi connectivity index (χ0n) is 9.95. The van der Waals surface area contributed by atoms with Gasteiger partial charge in [-0.05, 0) is 24.6 Å². The SMILES string of the molecule is CNC(=O)CNS(=O)(=O)c1cc(N)c(C)cc1Cl. The molecule has 1 aromatic carbocycles. The molecular weight excluding hydrogens is 278 g/mol. The third-order valence-electron chi connectivity index (χ3n) is 2.31. The van der Waals surface area contributed by atoms with Gasteiger partial charge in [-0.1, -0.05) is 11.6 Å². The average Bonchev–Trinajstić information content (AvgIpc) is 2.30. The molecule has 0 fully saturated rings. The first-order chi connectivity index (χ1) is 8.27. The summed E-state index contributed by atoms with van der Waals surface area (Å²) in [4.78, 5) is 10.9. The van der Waals surface area contributed by atoms with Crippen molar-refractivity contribution in [1.29, 1.82) is 0 Å². The molecule has 0 heterocycles. The van der Waals surface area contributed by atoms with Crippen LogP contribution in [0.4, 0.5) is 5.69 Å². The maximum absolute atomic E-state index is 11.9. The van der Waals surface area contributed by atoms with Crippen molar-refractivity contribution in [3.8, 4) is 0 Å². The van der Waals surface area contributed by atoms with Gasteiger partial charge in [-0.3, -0.25) is 4.79 Å². The average molecular weight is 292 g/mol. The van der Waals surface area contributed by atoms with Crippen LogP contribution in [0, 0.1) is 6.92 Å². The highest BCUT2D eigenvalue weighted by Crippen LogP contribution is 2.26. The van der Waals surface area contributed by atoms with Crippen molar-refractivity contribution < 1.29 is 13.2 Å². The Kier molecular flexibility index (Phi) is 4.55. The van der Waals surface area contributed by atoms with E-state index in [9.17, 15) is 13.2 Å². The Balaban J connectivity index is 3.06. The molecule has 0 aliphatic rings. The van der Waals surface area contributed by atoms with Gasteiger partial charge in [-0.25, -0.2) is 13.1 Å². The summed E-state index contributed by atoms with van der Waals surface area (Å²) in [5, 5.41) is 2.36. The molecule has 6 nitrogen and oxygen atoms in total. The van der Waals surface area contributed by atoms with Gasteiger partial charge >= 0.3 is 0 Å². The standard InChI is InChI=1S/C10H14ClN3O3S/c1-6-3-7(11)9(4-8(6)12)18(16,17)14-5-10(15)13-2/h3-4,14H,5,12H2,1-2H3,(H,13,15). The monoisotopic (exact) mass is 291 g/mol.